The second kappa shape index (κ2) is 5.04. The van der Waals surface area contributed by atoms with E-state index in [-0.39, 0.29) is 43.0 Å². The van der Waals surface area contributed by atoms with E-state index in [2.05, 4.69) is 0 Å². The van der Waals surface area contributed by atoms with Gasteiger partial charge in [0, 0.05) is 5.92 Å². The molecule has 0 radical (unpaired) electrons. The first kappa shape index (κ1) is 14.6. The summed E-state index contributed by atoms with van der Waals surface area (Å²) in [6, 6.07) is 0. The summed E-state index contributed by atoms with van der Waals surface area (Å²) in [5.41, 5.74) is 5.26. The molecule has 0 spiro atoms. The van der Waals surface area contributed by atoms with Crippen LogP contribution in [0, 0.1) is 23.7 Å². The second-order valence-electron chi connectivity index (χ2n) is 5.16. The van der Waals surface area contributed by atoms with Crippen LogP contribution in [-0.4, -0.2) is 12.1 Å². The van der Waals surface area contributed by atoms with Crippen LogP contribution in [-0.2, 0) is 4.79 Å². The molecule has 0 heterocycles. The maximum Gasteiger partial charge on any atom is 0.391 e. The predicted molar refractivity (Wildman–Crippen MR) is 59.5 cm³/mol. The van der Waals surface area contributed by atoms with Gasteiger partial charge in [-0.1, -0.05) is 0 Å². The van der Waals surface area contributed by atoms with Gasteiger partial charge in [0.1, 0.15) is 0 Å². The fourth-order valence-electron chi connectivity index (χ4n) is 2.59. The van der Waals surface area contributed by atoms with Crippen LogP contribution in [0.4, 0.5) is 13.2 Å². The summed E-state index contributed by atoms with van der Waals surface area (Å²) in [4.78, 5) is 11.1. The van der Waals surface area contributed by atoms with E-state index in [1.165, 1.54) is 0 Å². The van der Waals surface area contributed by atoms with Crippen molar-refractivity contribution in [1.82, 2.24) is 0 Å². The monoisotopic (exact) mass is 271 g/mol. The van der Waals surface area contributed by atoms with Crippen molar-refractivity contribution in [3.63, 3.8) is 0 Å². The number of amides is 1. The molecule has 1 amide bonds. The van der Waals surface area contributed by atoms with Crippen LogP contribution in [0.15, 0.2) is 0 Å². The van der Waals surface area contributed by atoms with Crippen molar-refractivity contribution in [2.24, 2.45) is 29.4 Å². The standard InChI is InChI=1S/C11H16F3NO.ClH/c12-11(13,14)8-3-6(4-8)5-9(10(15)16)7-1-2-7;/h6-9H,1-5H2,(H2,15,16);1H. The molecule has 0 aromatic carbocycles. The Kier molecular flexibility index (Phi) is 4.33. The Morgan fingerprint density at radius 3 is 2.18 bits per heavy atom. The Morgan fingerprint density at radius 2 is 1.82 bits per heavy atom. The lowest BCUT2D eigenvalue weighted by Crippen LogP contribution is -2.38. The van der Waals surface area contributed by atoms with Crippen molar-refractivity contribution in [3.8, 4) is 0 Å². The summed E-state index contributed by atoms with van der Waals surface area (Å²) in [7, 11) is 0. The first-order valence-corrected chi connectivity index (χ1v) is 5.74. The van der Waals surface area contributed by atoms with Gasteiger partial charge in [-0.05, 0) is 43.9 Å². The van der Waals surface area contributed by atoms with Gasteiger partial charge in [0.25, 0.3) is 0 Å². The SMILES string of the molecule is Cl.NC(=O)C(CC1CC(C(F)(F)F)C1)C1CC1. The minimum absolute atomic E-state index is 0. The van der Waals surface area contributed by atoms with Crippen LogP contribution >= 0.6 is 12.4 Å². The zero-order chi connectivity index (χ0) is 11.9. The third-order valence-electron chi connectivity index (χ3n) is 3.84. The number of nitrogens with two attached hydrogens (primary N) is 1. The number of rotatable bonds is 4. The number of hydrogen-bond acceptors (Lipinski definition) is 1. The highest BCUT2D eigenvalue weighted by atomic mass is 35.5. The fraction of sp³-hybridized carbons (Fsp3) is 0.909. The molecule has 0 aliphatic heterocycles. The Morgan fingerprint density at radius 1 is 1.29 bits per heavy atom. The van der Waals surface area contributed by atoms with Crippen LogP contribution in [0.1, 0.15) is 32.1 Å². The molecule has 17 heavy (non-hydrogen) atoms. The highest BCUT2D eigenvalue weighted by Crippen LogP contribution is 2.49. The van der Waals surface area contributed by atoms with Crippen molar-refractivity contribution < 1.29 is 18.0 Å². The highest BCUT2D eigenvalue weighted by molar-refractivity contribution is 5.85. The normalized spacial score (nSPS) is 30.1. The van der Waals surface area contributed by atoms with Gasteiger partial charge >= 0.3 is 6.18 Å². The molecule has 2 aliphatic rings. The largest absolute Gasteiger partial charge is 0.391 e. The number of carbonyl (C=O) groups excluding carboxylic acids is 1. The third kappa shape index (κ3) is 3.50. The quantitative estimate of drug-likeness (QED) is 0.839. The van der Waals surface area contributed by atoms with E-state index in [1.807, 2.05) is 0 Å². The summed E-state index contributed by atoms with van der Waals surface area (Å²) in [5.74, 6) is -1.27. The molecular formula is C11H17ClF3NO. The van der Waals surface area contributed by atoms with Crippen molar-refractivity contribution >= 4 is 18.3 Å². The highest BCUT2D eigenvalue weighted by Gasteiger charge is 2.49. The summed E-state index contributed by atoms with van der Waals surface area (Å²) in [6.45, 7) is 0. The number of primary amides is 1. The Balaban J connectivity index is 0.00000144. The lowest BCUT2D eigenvalue weighted by Gasteiger charge is -2.38. The molecule has 2 aliphatic carbocycles. The topological polar surface area (TPSA) is 43.1 Å². The average molecular weight is 272 g/mol. The molecule has 0 bridgehead atoms. The van der Waals surface area contributed by atoms with E-state index < -0.39 is 12.1 Å². The number of halogens is 4. The molecule has 1 atom stereocenters. The summed E-state index contributed by atoms with van der Waals surface area (Å²) < 4.78 is 36.7. The number of alkyl halides is 3. The van der Waals surface area contributed by atoms with Crippen LogP contribution in [0.3, 0.4) is 0 Å². The summed E-state index contributed by atoms with van der Waals surface area (Å²) >= 11 is 0. The number of carbonyl (C=O) groups is 1. The molecule has 2 N–H and O–H groups in total. The molecule has 0 aromatic rings. The van der Waals surface area contributed by atoms with Gasteiger partial charge in [-0.25, -0.2) is 0 Å². The van der Waals surface area contributed by atoms with Gasteiger partial charge in [-0.15, -0.1) is 12.4 Å². The maximum absolute atomic E-state index is 12.2. The van der Waals surface area contributed by atoms with E-state index in [4.69, 9.17) is 5.73 Å². The molecule has 2 fully saturated rings. The molecule has 2 nitrogen and oxygen atoms in total. The first-order valence-electron chi connectivity index (χ1n) is 5.74. The molecule has 0 aromatic heterocycles. The predicted octanol–water partition coefficient (Wildman–Crippen LogP) is 2.90. The van der Waals surface area contributed by atoms with Crippen LogP contribution in [0.25, 0.3) is 0 Å². The van der Waals surface area contributed by atoms with Gasteiger partial charge in [-0.2, -0.15) is 13.2 Å². The average Bonchev–Trinajstić information content (AvgIpc) is 2.81. The van der Waals surface area contributed by atoms with E-state index >= 15 is 0 Å². The van der Waals surface area contributed by atoms with Crippen LogP contribution in [0.5, 0.6) is 0 Å². The molecule has 1 unspecified atom stereocenters. The molecule has 2 saturated carbocycles. The van der Waals surface area contributed by atoms with Crippen molar-refractivity contribution in [2.45, 2.75) is 38.3 Å². The van der Waals surface area contributed by atoms with E-state index in [9.17, 15) is 18.0 Å². The Bertz CT molecular complexity index is 285. The Labute approximate surface area is 105 Å². The summed E-state index contributed by atoms with van der Waals surface area (Å²) in [6.07, 6.45) is -1.13. The van der Waals surface area contributed by atoms with Crippen LogP contribution in [0.2, 0.25) is 0 Å². The minimum atomic E-state index is -4.06. The lowest BCUT2D eigenvalue weighted by atomic mass is 9.70. The lowest BCUT2D eigenvalue weighted by molar-refractivity contribution is -0.205. The fourth-order valence-corrected chi connectivity index (χ4v) is 2.59. The number of hydrogen-bond donors (Lipinski definition) is 1. The molecule has 6 heteroatoms. The molecule has 100 valence electrons. The first-order chi connectivity index (χ1) is 7.38. The summed E-state index contributed by atoms with van der Waals surface area (Å²) in [5, 5.41) is 0. The van der Waals surface area contributed by atoms with Crippen molar-refractivity contribution in [1.29, 1.82) is 0 Å². The third-order valence-corrected chi connectivity index (χ3v) is 3.84. The maximum atomic E-state index is 12.2. The van der Waals surface area contributed by atoms with Gasteiger partial charge < -0.3 is 5.73 Å². The zero-order valence-electron chi connectivity index (χ0n) is 9.37. The van der Waals surface area contributed by atoms with Crippen molar-refractivity contribution in [2.75, 3.05) is 0 Å². The minimum Gasteiger partial charge on any atom is -0.369 e. The molecule has 0 saturated heterocycles. The van der Waals surface area contributed by atoms with Gasteiger partial charge in [0.15, 0.2) is 0 Å². The van der Waals surface area contributed by atoms with Crippen molar-refractivity contribution in [3.05, 3.63) is 0 Å². The van der Waals surface area contributed by atoms with E-state index in [0.717, 1.165) is 12.8 Å². The second-order valence-corrected chi connectivity index (χ2v) is 5.16. The zero-order valence-corrected chi connectivity index (χ0v) is 10.2. The van der Waals surface area contributed by atoms with Gasteiger partial charge in [-0.3, -0.25) is 4.79 Å². The smallest absolute Gasteiger partial charge is 0.369 e. The molecular weight excluding hydrogens is 255 g/mol. The molecule has 2 rings (SSSR count). The van der Waals surface area contributed by atoms with Gasteiger partial charge in [0.05, 0.1) is 5.92 Å². The van der Waals surface area contributed by atoms with E-state index in [1.54, 1.807) is 0 Å². The Hall–Kier alpha value is -0.450. The van der Waals surface area contributed by atoms with E-state index in [0.29, 0.717) is 12.3 Å². The van der Waals surface area contributed by atoms with Crippen LogP contribution < -0.4 is 5.73 Å². The van der Waals surface area contributed by atoms with Gasteiger partial charge in [0.2, 0.25) is 5.91 Å².